The SMILES string of the molecule is C=C(C)[C@@H]1CCC(CBr)=CC1c1c(OC)cc(C(C)(C)CCCCCC)cc1OC. The number of ether oxygens (including phenoxy) is 2. The van der Waals surface area contributed by atoms with Gasteiger partial charge in [-0.3, -0.25) is 0 Å². The van der Waals surface area contributed by atoms with Crippen molar-refractivity contribution in [3.05, 3.63) is 47.1 Å². The number of alkyl halides is 1. The molecule has 3 heteroatoms. The highest BCUT2D eigenvalue weighted by atomic mass is 79.9. The van der Waals surface area contributed by atoms with Gasteiger partial charge in [-0.05, 0) is 55.2 Å². The van der Waals surface area contributed by atoms with Crippen molar-refractivity contribution in [3.63, 3.8) is 0 Å². The molecule has 0 saturated heterocycles. The van der Waals surface area contributed by atoms with Crippen molar-refractivity contribution in [2.75, 3.05) is 19.5 Å². The van der Waals surface area contributed by atoms with Crippen LogP contribution in [0.25, 0.3) is 0 Å². The molecule has 0 radical (unpaired) electrons. The Morgan fingerprint density at radius 2 is 1.77 bits per heavy atom. The van der Waals surface area contributed by atoms with E-state index < -0.39 is 0 Å². The molecule has 1 aromatic rings. The number of rotatable bonds is 11. The molecule has 30 heavy (non-hydrogen) atoms. The van der Waals surface area contributed by atoms with Crippen LogP contribution in [0.1, 0.15) is 89.7 Å². The maximum absolute atomic E-state index is 5.97. The van der Waals surface area contributed by atoms with Crippen LogP contribution in [0.3, 0.4) is 0 Å². The van der Waals surface area contributed by atoms with Gasteiger partial charge in [-0.2, -0.15) is 0 Å². The summed E-state index contributed by atoms with van der Waals surface area (Å²) in [6.45, 7) is 13.4. The van der Waals surface area contributed by atoms with Gasteiger partial charge in [0, 0.05) is 16.8 Å². The summed E-state index contributed by atoms with van der Waals surface area (Å²) < 4.78 is 11.9. The van der Waals surface area contributed by atoms with E-state index in [1.165, 1.54) is 48.8 Å². The minimum atomic E-state index is 0.0873. The number of hydrogen-bond acceptors (Lipinski definition) is 2. The Balaban J connectivity index is 2.49. The predicted molar refractivity (Wildman–Crippen MR) is 133 cm³/mol. The molecular weight excluding hydrogens is 436 g/mol. The Kier molecular flexibility index (Phi) is 9.53. The fourth-order valence-corrected chi connectivity index (χ4v) is 5.19. The number of unbranched alkanes of at least 4 members (excludes halogenated alkanes) is 3. The largest absolute Gasteiger partial charge is 0.496 e. The zero-order valence-corrected chi connectivity index (χ0v) is 21.5. The summed E-state index contributed by atoms with van der Waals surface area (Å²) in [5.74, 6) is 2.52. The van der Waals surface area contributed by atoms with Gasteiger partial charge in [0.25, 0.3) is 0 Å². The summed E-state index contributed by atoms with van der Waals surface area (Å²) in [7, 11) is 3.56. The van der Waals surface area contributed by atoms with Crippen molar-refractivity contribution in [2.24, 2.45) is 5.92 Å². The molecule has 0 aliphatic heterocycles. The first-order valence-corrected chi connectivity index (χ1v) is 12.6. The summed E-state index contributed by atoms with van der Waals surface area (Å²) in [5, 5.41) is 0.917. The molecule has 0 aromatic heterocycles. The first-order chi connectivity index (χ1) is 14.3. The van der Waals surface area contributed by atoms with Crippen LogP contribution in [0.4, 0.5) is 0 Å². The van der Waals surface area contributed by atoms with Gasteiger partial charge in [0.1, 0.15) is 11.5 Å². The third-order valence-corrected chi connectivity index (χ3v) is 7.46. The third kappa shape index (κ3) is 5.93. The lowest BCUT2D eigenvalue weighted by Gasteiger charge is -2.34. The fourth-order valence-electron chi connectivity index (χ4n) is 4.72. The van der Waals surface area contributed by atoms with Crippen molar-refractivity contribution in [3.8, 4) is 11.5 Å². The summed E-state index contributed by atoms with van der Waals surface area (Å²) in [6.07, 6.45) is 11.0. The molecule has 0 N–H and O–H groups in total. The molecule has 1 aliphatic carbocycles. The number of hydrogen-bond donors (Lipinski definition) is 0. The van der Waals surface area contributed by atoms with Crippen molar-refractivity contribution in [2.45, 2.75) is 84.0 Å². The van der Waals surface area contributed by atoms with Gasteiger partial charge >= 0.3 is 0 Å². The van der Waals surface area contributed by atoms with E-state index in [1.54, 1.807) is 14.2 Å². The van der Waals surface area contributed by atoms with Crippen LogP contribution in [-0.2, 0) is 5.41 Å². The Labute approximate surface area is 193 Å². The molecule has 1 aromatic carbocycles. The molecular formula is C27H41BrO2. The Morgan fingerprint density at radius 1 is 1.13 bits per heavy atom. The summed E-state index contributed by atoms with van der Waals surface area (Å²) in [5.41, 5.74) is 5.22. The average Bonchev–Trinajstić information content (AvgIpc) is 2.75. The number of benzene rings is 1. The van der Waals surface area contributed by atoms with E-state index in [0.29, 0.717) is 5.92 Å². The Hall–Kier alpha value is -1.22. The molecule has 0 spiro atoms. The quantitative estimate of drug-likeness (QED) is 0.181. The van der Waals surface area contributed by atoms with Gasteiger partial charge in [0.15, 0.2) is 0 Å². The van der Waals surface area contributed by atoms with E-state index in [4.69, 9.17) is 9.47 Å². The number of methoxy groups -OCH3 is 2. The smallest absolute Gasteiger partial charge is 0.126 e. The monoisotopic (exact) mass is 476 g/mol. The highest BCUT2D eigenvalue weighted by molar-refractivity contribution is 9.09. The molecule has 2 nitrogen and oxygen atoms in total. The van der Waals surface area contributed by atoms with E-state index in [-0.39, 0.29) is 11.3 Å². The Morgan fingerprint density at radius 3 is 2.27 bits per heavy atom. The first kappa shape index (κ1) is 25.0. The Bertz CT molecular complexity index is 722. The lowest BCUT2D eigenvalue weighted by molar-refractivity contribution is 0.363. The minimum Gasteiger partial charge on any atom is -0.496 e. The molecule has 0 heterocycles. The lowest BCUT2D eigenvalue weighted by Crippen LogP contribution is -2.21. The van der Waals surface area contributed by atoms with E-state index in [1.807, 2.05) is 0 Å². The topological polar surface area (TPSA) is 18.5 Å². The van der Waals surface area contributed by atoms with Gasteiger partial charge in [-0.25, -0.2) is 0 Å². The molecule has 0 fully saturated rings. The van der Waals surface area contributed by atoms with Crippen LogP contribution in [0.2, 0.25) is 0 Å². The second-order valence-electron chi connectivity index (χ2n) is 9.46. The lowest BCUT2D eigenvalue weighted by atomic mass is 9.72. The van der Waals surface area contributed by atoms with Gasteiger partial charge in [0.05, 0.1) is 14.2 Å². The number of allylic oxidation sites excluding steroid dienone is 3. The average molecular weight is 478 g/mol. The first-order valence-electron chi connectivity index (χ1n) is 11.5. The summed E-state index contributed by atoms with van der Waals surface area (Å²) in [4.78, 5) is 0. The van der Waals surface area contributed by atoms with Crippen molar-refractivity contribution in [1.29, 1.82) is 0 Å². The van der Waals surface area contributed by atoms with Gasteiger partial charge in [-0.15, -0.1) is 0 Å². The zero-order valence-electron chi connectivity index (χ0n) is 19.9. The fraction of sp³-hybridized carbons (Fsp3) is 0.630. The molecule has 2 atom stereocenters. The third-order valence-electron chi connectivity index (χ3n) is 6.74. The van der Waals surface area contributed by atoms with E-state index >= 15 is 0 Å². The molecule has 0 saturated carbocycles. The molecule has 2 rings (SSSR count). The van der Waals surface area contributed by atoms with Crippen LogP contribution in [-0.4, -0.2) is 19.5 Å². The van der Waals surface area contributed by atoms with Gasteiger partial charge < -0.3 is 9.47 Å². The number of halogens is 1. The van der Waals surface area contributed by atoms with Crippen LogP contribution >= 0.6 is 15.9 Å². The van der Waals surface area contributed by atoms with Crippen molar-refractivity contribution < 1.29 is 9.47 Å². The predicted octanol–water partition coefficient (Wildman–Crippen LogP) is 8.34. The maximum atomic E-state index is 5.97. The molecule has 1 aliphatic rings. The van der Waals surface area contributed by atoms with Crippen LogP contribution in [0, 0.1) is 5.92 Å². The second-order valence-corrected chi connectivity index (χ2v) is 10.0. The minimum absolute atomic E-state index is 0.0873. The standard InChI is InChI=1S/C27H41BrO2/c1-8-9-10-11-14-27(4,5)21-16-24(29-6)26(25(17-21)30-7)23-15-20(18-28)12-13-22(23)19(2)3/h15-17,22-23H,2,8-14,18H2,1,3-7H3/t22-,23?/m0/s1. The normalized spacial score (nSPS) is 19.4. The summed E-state index contributed by atoms with van der Waals surface area (Å²) >= 11 is 3.66. The van der Waals surface area contributed by atoms with E-state index in [0.717, 1.165) is 35.2 Å². The van der Waals surface area contributed by atoms with Gasteiger partial charge in [0.2, 0.25) is 0 Å². The van der Waals surface area contributed by atoms with Gasteiger partial charge in [-0.1, -0.05) is 86.2 Å². The molecule has 168 valence electrons. The van der Waals surface area contributed by atoms with E-state index in [2.05, 4.69) is 68.4 Å². The zero-order chi connectivity index (χ0) is 22.3. The summed E-state index contributed by atoms with van der Waals surface area (Å²) in [6, 6.07) is 4.51. The van der Waals surface area contributed by atoms with E-state index in [9.17, 15) is 0 Å². The molecule has 0 bridgehead atoms. The van der Waals surface area contributed by atoms with Crippen LogP contribution < -0.4 is 9.47 Å². The molecule has 1 unspecified atom stereocenters. The molecule has 0 amide bonds. The van der Waals surface area contributed by atoms with Crippen LogP contribution in [0.5, 0.6) is 11.5 Å². The van der Waals surface area contributed by atoms with Crippen LogP contribution in [0.15, 0.2) is 35.9 Å². The van der Waals surface area contributed by atoms with Crippen molar-refractivity contribution >= 4 is 15.9 Å². The van der Waals surface area contributed by atoms with Crippen molar-refractivity contribution in [1.82, 2.24) is 0 Å². The highest BCUT2D eigenvalue weighted by Gasteiger charge is 2.33. The highest BCUT2D eigenvalue weighted by Crippen LogP contribution is 2.48. The maximum Gasteiger partial charge on any atom is 0.126 e. The second kappa shape index (κ2) is 11.4.